The van der Waals surface area contributed by atoms with Crippen LogP contribution in [0.4, 0.5) is 13.2 Å². The lowest BCUT2D eigenvalue weighted by Crippen LogP contribution is -2.23. The van der Waals surface area contributed by atoms with Gasteiger partial charge in [0.15, 0.2) is 11.2 Å². The molecule has 0 aromatic carbocycles. The fourth-order valence-electron chi connectivity index (χ4n) is 0.315. The Hall–Kier alpha value is -0.760. The molecular weight excluding hydrogens is 185 g/mol. The molecule has 8 heteroatoms. The van der Waals surface area contributed by atoms with Gasteiger partial charge in [0.2, 0.25) is 0 Å². The minimum atomic E-state index is -4.86. The van der Waals surface area contributed by atoms with Gasteiger partial charge in [-0.05, 0) is 0 Å². The molecule has 11 heavy (non-hydrogen) atoms. The monoisotopic (exact) mass is 185 g/mol. The first-order valence-electron chi connectivity index (χ1n) is 2.20. The highest BCUT2D eigenvalue weighted by atomic mass is 32.2. The van der Waals surface area contributed by atoms with Crippen molar-refractivity contribution in [3.63, 3.8) is 0 Å². The summed E-state index contributed by atoms with van der Waals surface area (Å²) in [6.07, 6.45) is 1.65. The Balaban J connectivity index is 2.78. The van der Waals surface area contributed by atoms with E-state index >= 15 is 0 Å². The molecule has 0 aliphatic rings. The second kappa shape index (κ2) is 2.70. The van der Waals surface area contributed by atoms with Crippen molar-refractivity contribution in [3.05, 3.63) is 6.39 Å². The van der Waals surface area contributed by atoms with Crippen LogP contribution in [0.2, 0.25) is 0 Å². The zero-order valence-corrected chi connectivity index (χ0v) is 5.57. The van der Waals surface area contributed by atoms with Crippen LogP contribution < -0.4 is 0 Å². The lowest BCUT2D eigenvalue weighted by Gasteiger charge is -2.05. The molecule has 0 saturated carbocycles. The molecular formula is C3F3N2O2S. The number of halogens is 3. The van der Waals surface area contributed by atoms with Crippen molar-refractivity contribution in [1.29, 1.82) is 0 Å². The molecule has 4 nitrogen and oxygen atoms in total. The summed E-state index contributed by atoms with van der Waals surface area (Å²) in [7, 11) is 0. The zero-order chi connectivity index (χ0) is 8.48. The summed E-state index contributed by atoms with van der Waals surface area (Å²) in [6.45, 7) is 0. The lowest BCUT2D eigenvalue weighted by molar-refractivity contribution is -0.0449. The minimum Gasteiger partial charge on any atom is -0.600 e. The predicted octanol–water partition coefficient (Wildman–Crippen LogP) is 0.497. The van der Waals surface area contributed by atoms with E-state index in [2.05, 4.69) is 14.6 Å². The predicted molar refractivity (Wildman–Crippen MR) is 25.6 cm³/mol. The van der Waals surface area contributed by atoms with Crippen LogP contribution in [0.1, 0.15) is 0 Å². The highest BCUT2D eigenvalue weighted by Gasteiger charge is 2.49. The summed E-state index contributed by atoms with van der Waals surface area (Å²) in [6, 6.07) is 0. The summed E-state index contributed by atoms with van der Waals surface area (Å²) in [5, 5.41) is 4.62. The van der Waals surface area contributed by atoms with Crippen LogP contribution in [0.3, 0.4) is 0 Å². The fraction of sp³-hybridized carbons (Fsp3) is 0.333. The fourth-order valence-corrected chi connectivity index (χ4v) is 0.741. The third kappa shape index (κ3) is 1.84. The van der Waals surface area contributed by atoms with Gasteiger partial charge < -0.3 is 8.97 Å². The molecule has 1 radical (unpaired) electrons. The average Bonchev–Trinajstić information content (AvgIpc) is 2.34. The van der Waals surface area contributed by atoms with E-state index in [1.54, 1.807) is 6.39 Å². The number of aromatic nitrogens is 2. The molecule has 0 aliphatic carbocycles. The van der Waals surface area contributed by atoms with Gasteiger partial charge in [0.25, 0.3) is 0 Å². The Kier molecular flexibility index (Phi) is 2.05. The third-order valence-electron chi connectivity index (χ3n) is 0.674. The second-order valence-electron chi connectivity index (χ2n) is 1.37. The van der Waals surface area contributed by atoms with E-state index in [0.29, 0.717) is 0 Å². The number of rotatable bonds is 1. The largest absolute Gasteiger partial charge is 0.600 e. The summed E-state index contributed by atoms with van der Waals surface area (Å²) in [5.74, 6) is 0. The highest BCUT2D eigenvalue weighted by Crippen LogP contribution is 2.28. The van der Waals surface area contributed by atoms with E-state index in [1.807, 2.05) is 0 Å². The van der Waals surface area contributed by atoms with Crippen LogP contribution in [-0.4, -0.2) is 20.3 Å². The van der Waals surface area contributed by atoms with Gasteiger partial charge in [-0.15, -0.1) is 13.2 Å². The Morgan fingerprint density at radius 2 is 2.18 bits per heavy atom. The Bertz CT molecular complexity index is 223. The molecule has 1 atom stereocenters. The molecule has 61 valence electrons. The van der Waals surface area contributed by atoms with Gasteiger partial charge in [0.1, 0.15) is 0 Å². The van der Waals surface area contributed by atoms with E-state index in [4.69, 9.17) is 0 Å². The van der Waals surface area contributed by atoms with E-state index < -0.39 is 21.9 Å². The Morgan fingerprint density at radius 3 is 2.55 bits per heavy atom. The molecule has 1 aromatic heterocycles. The van der Waals surface area contributed by atoms with Gasteiger partial charge in [0, 0.05) is 0 Å². The number of hydrogen-bond acceptors (Lipinski definition) is 4. The van der Waals surface area contributed by atoms with Crippen LogP contribution >= 0.6 is 0 Å². The van der Waals surface area contributed by atoms with E-state index in [9.17, 15) is 17.7 Å². The van der Waals surface area contributed by atoms with Crippen LogP contribution in [0, 0.1) is 6.39 Å². The van der Waals surface area contributed by atoms with Gasteiger partial charge in [-0.1, -0.05) is 10.2 Å². The van der Waals surface area contributed by atoms with Crippen LogP contribution in [0.25, 0.3) is 0 Å². The van der Waals surface area contributed by atoms with Gasteiger partial charge >= 0.3 is 17.1 Å². The molecule has 0 amide bonds. The summed E-state index contributed by atoms with van der Waals surface area (Å²) >= 11 is -3.24. The van der Waals surface area contributed by atoms with Crippen LogP contribution in [0.5, 0.6) is 0 Å². The third-order valence-corrected chi connectivity index (χ3v) is 1.58. The zero-order valence-electron chi connectivity index (χ0n) is 4.75. The maximum absolute atomic E-state index is 11.6. The molecule has 1 rings (SSSR count). The molecule has 1 aromatic rings. The number of hydrogen-bond donors (Lipinski definition) is 0. The van der Waals surface area contributed by atoms with Crippen LogP contribution in [-0.2, 0) is 11.2 Å². The van der Waals surface area contributed by atoms with Crippen molar-refractivity contribution in [1.82, 2.24) is 10.2 Å². The molecule has 0 N–H and O–H groups in total. The lowest BCUT2D eigenvalue weighted by atomic mass is 11.5. The maximum Gasteiger partial charge on any atom is 0.583 e. The molecule has 1 heterocycles. The number of alkyl halides is 3. The maximum atomic E-state index is 11.6. The first kappa shape index (κ1) is 8.34. The Morgan fingerprint density at radius 1 is 1.55 bits per heavy atom. The van der Waals surface area contributed by atoms with Crippen molar-refractivity contribution < 1.29 is 22.1 Å². The molecule has 0 saturated heterocycles. The topological polar surface area (TPSA) is 62.0 Å². The standard InChI is InChI=1S/C3F3N2O2S/c4-3(5,6)11(9)2-8-7-1-10-2. The van der Waals surface area contributed by atoms with Gasteiger partial charge in [-0.2, -0.15) is 0 Å². The van der Waals surface area contributed by atoms with Crippen molar-refractivity contribution in [3.8, 4) is 0 Å². The molecule has 0 spiro atoms. The normalized spacial score (nSPS) is 14.9. The van der Waals surface area contributed by atoms with E-state index in [-0.39, 0.29) is 0 Å². The van der Waals surface area contributed by atoms with E-state index in [1.165, 1.54) is 0 Å². The SMILES string of the molecule is [O-][S+](c1nn[c]o1)C(F)(F)F. The quantitative estimate of drug-likeness (QED) is 0.597. The first-order chi connectivity index (χ1) is 5.02. The smallest absolute Gasteiger partial charge is 0.583 e. The minimum absolute atomic E-state index is 0.988. The van der Waals surface area contributed by atoms with Crippen molar-refractivity contribution in [2.75, 3.05) is 0 Å². The van der Waals surface area contributed by atoms with Gasteiger partial charge in [-0.3, -0.25) is 0 Å². The van der Waals surface area contributed by atoms with Crippen molar-refractivity contribution >= 4 is 11.2 Å². The Labute approximate surface area is 61.6 Å². The summed E-state index contributed by atoms with van der Waals surface area (Å²) in [4.78, 5) is 0. The second-order valence-corrected chi connectivity index (χ2v) is 2.72. The summed E-state index contributed by atoms with van der Waals surface area (Å²) < 4.78 is 49.0. The average molecular weight is 185 g/mol. The van der Waals surface area contributed by atoms with Crippen LogP contribution in [0.15, 0.2) is 9.64 Å². The molecule has 0 fully saturated rings. The highest BCUT2D eigenvalue weighted by molar-refractivity contribution is 7.92. The molecule has 1 unspecified atom stereocenters. The molecule has 0 bridgehead atoms. The molecule has 0 aliphatic heterocycles. The van der Waals surface area contributed by atoms with Gasteiger partial charge in [0.05, 0.1) is 0 Å². The summed E-state index contributed by atoms with van der Waals surface area (Å²) in [5.41, 5.74) is -4.86. The number of nitrogens with zero attached hydrogens (tertiary/aromatic N) is 2. The van der Waals surface area contributed by atoms with Crippen molar-refractivity contribution in [2.24, 2.45) is 0 Å². The van der Waals surface area contributed by atoms with E-state index in [0.717, 1.165) is 0 Å². The van der Waals surface area contributed by atoms with Gasteiger partial charge in [-0.25, -0.2) is 0 Å². The van der Waals surface area contributed by atoms with Crippen molar-refractivity contribution in [2.45, 2.75) is 10.7 Å². The first-order valence-corrected chi connectivity index (χ1v) is 3.35.